The maximum Gasteiger partial charge on any atom is 0.0951 e. The third kappa shape index (κ3) is 1.08. The highest BCUT2D eigenvalue weighted by Gasteiger charge is 2.30. The summed E-state index contributed by atoms with van der Waals surface area (Å²) in [6.45, 7) is 0. The number of rotatable bonds is 0. The molecule has 0 aromatic heterocycles. The predicted octanol–water partition coefficient (Wildman–Crippen LogP) is 3.04. The minimum Gasteiger partial charge on any atom is -0.111 e. The van der Waals surface area contributed by atoms with Crippen LogP contribution >= 0.6 is 59.7 Å². The first-order valence-corrected chi connectivity index (χ1v) is 6.16. The SMILES string of the molecule is S=C1SC2=C(SCS2)C1=S. The van der Waals surface area contributed by atoms with E-state index in [9.17, 15) is 0 Å². The van der Waals surface area contributed by atoms with Crippen LogP contribution in [0.2, 0.25) is 0 Å². The van der Waals surface area contributed by atoms with E-state index in [0.717, 1.165) is 14.1 Å². The Kier molecular flexibility index (Phi) is 2.12. The van der Waals surface area contributed by atoms with Crippen molar-refractivity contribution in [3.8, 4) is 0 Å². The van der Waals surface area contributed by atoms with Gasteiger partial charge >= 0.3 is 0 Å². The lowest BCUT2D eigenvalue weighted by Gasteiger charge is -1.94. The normalized spacial score (nSPS) is 24.4. The van der Waals surface area contributed by atoms with Crippen LogP contribution in [0.5, 0.6) is 0 Å². The van der Waals surface area contributed by atoms with E-state index < -0.39 is 0 Å². The number of thiocarbonyl (C=S) groups is 2. The quantitative estimate of drug-likeness (QED) is 0.576. The Bertz CT molecular complexity index is 251. The Morgan fingerprint density at radius 1 is 1.20 bits per heavy atom. The molecule has 0 spiro atoms. The van der Waals surface area contributed by atoms with Crippen LogP contribution in [0.3, 0.4) is 0 Å². The second-order valence-electron chi connectivity index (χ2n) is 1.74. The van der Waals surface area contributed by atoms with Gasteiger partial charge in [0.1, 0.15) is 0 Å². The first kappa shape index (κ1) is 7.61. The van der Waals surface area contributed by atoms with E-state index in [2.05, 4.69) is 0 Å². The summed E-state index contributed by atoms with van der Waals surface area (Å²) in [5.74, 6) is 0. The molecule has 0 bridgehead atoms. The fourth-order valence-electron chi connectivity index (χ4n) is 0.724. The topological polar surface area (TPSA) is 0 Å². The summed E-state index contributed by atoms with van der Waals surface area (Å²) in [6, 6.07) is 0. The predicted molar refractivity (Wildman–Crippen MR) is 59.9 cm³/mol. The molecule has 0 nitrogen and oxygen atoms in total. The standard InChI is InChI=1S/C5H2S5/c6-2-3-5(9-1-8-3)10-4(2)7/h1H2. The van der Waals surface area contributed by atoms with Crippen molar-refractivity contribution in [3.63, 3.8) is 0 Å². The Morgan fingerprint density at radius 3 is 2.70 bits per heavy atom. The van der Waals surface area contributed by atoms with Gasteiger partial charge in [-0.2, -0.15) is 0 Å². The molecule has 0 atom stereocenters. The van der Waals surface area contributed by atoms with E-state index in [4.69, 9.17) is 24.4 Å². The van der Waals surface area contributed by atoms with Crippen LogP contribution in [0.25, 0.3) is 0 Å². The first-order chi connectivity index (χ1) is 4.79. The summed E-state index contributed by atoms with van der Waals surface area (Å²) in [5, 5.41) is 1.11. The lowest BCUT2D eigenvalue weighted by Crippen LogP contribution is -1.98. The molecule has 2 rings (SSSR count). The summed E-state index contributed by atoms with van der Waals surface area (Å²) in [5.41, 5.74) is 0. The largest absolute Gasteiger partial charge is 0.111 e. The van der Waals surface area contributed by atoms with Crippen LogP contribution in [0.1, 0.15) is 0 Å². The van der Waals surface area contributed by atoms with E-state index >= 15 is 0 Å². The summed E-state index contributed by atoms with van der Waals surface area (Å²) >= 11 is 15.5. The van der Waals surface area contributed by atoms with Gasteiger partial charge in [0.25, 0.3) is 0 Å². The molecule has 0 N–H and O–H groups in total. The Hall–Kier alpha value is 0.970. The van der Waals surface area contributed by atoms with Crippen molar-refractivity contribution in [2.45, 2.75) is 0 Å². The molecule has 0 saturated heterocycles. The molecule has 0 fully saturated rings. The summed E-state index contributed by atoms with van der Waals surface area (Å²) in [6.07, 6.45) is 0. The number of hydrogen-bond donors (Lipinski definition) is 0. The average molecular weight is 222 g/mol. The zero-order valence-electron chi connectivity index (χ0n) is 4.75. The van der Waals surface area contributed by atoms with E-state index in [1.165, 1.54) is 9.14 Å². The van der Waals surface area contributed by atoms with Crippen LogP contribution in [-0.4, -0.2) is 14.1 Å². The summed E-state index contributed by atoms with van der Waals surface area (Å²) < 4.78 is 2.22. The Balaban J connectivity index is 2.39. The molecule has 2 aliphatic heterocycles. The van der Waals surface area contributed by atoms with Gasteiger partial charge in [-0.15, -0.1) is 23.5 Å². The van der Waals surface area contributed by atoms with Crippen molar-refractivity contribution in [2.24, 2.45) is 0 Å². The molecular formula is C5H2S5. The Morgan fingerprint density at radius 2 is 2.00 bits per heavy atom. The molecule has 0 radical (unpaired) electrons. The van der Waals surface area contributed by atoms with E-state index in [-0.39, 0.29) is 0 Å². The van der Waals surface area contributed by atoms with Gasteiger partial charge in [0.05, 0.1) is 13.3 Å². The molecular weight excluding hydrogens is 220 g/mol. The van der Waals surface area contributed by atoms with Crippen molar-refractivity contribution in [1.29, 1.82) is 0 Å². The minimum atomic E-state index is 0.889. The zero-order valence-corrected chi connectivity index (χ0v) is 8.83. The van der Waals surface area contributed by atoms with Gasteiger partial charge < -0.3 is 0 Å². The molecule has 0 aromatic carbocycles. The highest BCUT2D eigenvalue weighted by Crippen LogP contribution is 2.51. The molecule has 52 valence electrons. The Labute approximate surface area is 82.6 Å². The molecule has 2 heterocycles. The third-order valence-electron chi connectivity index (χ3n) is 1.16. The second-order valence-corrected chi connectivity index (χ2v) is 6.43. The van der Waals surface area contributed by atoms with Crippen molar-refractivity contribution in [3.05, 3.63) is 9.14 Å². The van der Waals surface area contributed by atoms with Crippen LogP contribution < -0.4 is 0 Å². The maximum absolute atomic E-state index is 5.13. The number of thioether (sulfide) groups is 3. The van der Waals surface area contributed by atoms with Gasteiger partial charge in [-0.3, -0.25) is 0 Å². The molecule has 0 aliphatic carbocycles. The van der Waals surface area contributed by atoms with Crippen LogP contribution in [-0.2, 0) is 0 Å². The van der Waals surface area contributed by atoms with E-state index in [0.29, 0.717) is 0 Å². The monoisotopic (exact) mass is 222 g/mol. The molecule has 0 amide bonds. The van der Waals surface area contributed by atoms with Gasteiger partial charge in [-0.25, -0.2) is 0 Å². The fourth-order valence-corrected chi connectivity index (χ4v) is 5.75. The van der Waals surface area contributed by atoms with Gasteiger partial charge in [0.15, 0.2) is 0 Å². The van der Waals surface area contributed by atoms with Gasteiger partial charge in [-0.1, -0.05) is 36.2 Å². The minimum absolute atomic E-state index is 0.889. The van der Waals surface area contributed by atoms with Crippen molar-refractivity contribution in [2.75, 3.05) is 5.08 Å². The molecule has 0 aromatic rings. The van der Waals surface area contributed by atoms with Crippen molar-refractivity contribution >= 4 is 68.8 Å². The van der Waals surface area contributed by atoms with Gasteiger partial charge in [0, 0.05) is 9.99 Å². The number of hydrogen-bond acceptors (Lipinski definition) is 5. The average Bonchev–Trinajstić information content (AvgIpc) is 2.41. The van der Waals surface area contributed by atoms with Crippen molar-refractivity contribution in [1.82, 2.24) is 0 Å². The third-order valence-corrected chi connectivity index (χ3v) is 6.15. The van der Waals surface area contributed by atoms with Gasteiger partial charge in [0.2, 0.25) is 0 Å². The smallest absolute Gasteiger partial charge is 0.0951 e. The highest BCUT2D eigenvalue weighted by atomic mass is 32.2. The highest BCUT2D eigenvalue weighted by molar-refractivity contribution is 8.42. The van der Waals surface area contributed by atoms with Crippen LogP contribution in [0.15, 0.2) is 9.14 Å². The fraction of sp³-hybridized carbons (Fsp3) is 0.200. The molecule has 0 unspecified atom stereocenters. The van der Waals surface area contributed by atoms with E-state index in [1.807, 2.05) is 23.5 Å². The summed E-state index contributed by atoms with van der Waals surface area (Å²) in [7, 11) is 0. The van der Waals surface area contributed by atoms with Crippen molar-refractivity contribution < 1.29 is 0 Å². The molecule has 10 heavy (non-hydrogen) atoms. The van der Waals surface area contributed by atoms with E-state index in [1.54, 1.807) is 11.8 Å². The molecule has 2 aliphatic rings. The van der Waals surface area contributed by atoms with Crippen LogP contribution in [0, 0.1) is 0 Å². The number of allylic oxidation sites excluding steroid dienone is 1. The van der Waals surface area contributed by atoms with Crippen LogP contribution in [0.4, 0.5) is 0 Å². The lowest BCUT2D eigenvalue weighted by molar-refractivity contribution is 2.29. The lowest BCUT2D eigenvalue weighted by atomic mass is 10.5. The molecule has 0 saturated carbocycles. The summed E-state index contributed by atoms with van der Waals surface area (Å²) in [4.78, 5) is 2.17. The second kappa shape index (κ2) is 2.79. The maximum atomic E-state index is 5.13. The first-order valence-electron chi connectivity index (χ1n) is 2.55. The zero-order chi connectivity index (χ0) is 7.14. The molecule has 5 heteroatoms. The van der Waals surface area contributed by atoms with Gasteiger partial charge in [-0.05, 0) is 0 Å².